The van der Waals surface area contributed by atoms with Crippen molar-refractivity contribution < 1.29 is 4.79 Å². The van der Waals surface area contributed by atoms with Gasteiger partial charge in [-0.2, -0.15) is 0 Å². The molecule has 1 aliphatic carbocycles. The summed E-state index contributed by atoms with van der Waals surface area (Å²) in [6.45, 7) is 5.39. The highest BCUT2D eigenvalue weighted by Crippen LogP contribution is 2.27. The highest BCUT2D eigenvalue weighted by molar-refractivity contribution is 5.85. The van der Waals surface area contributed by atoms with E-state index in [1.54, 1.807) is 0 Å². The molecule has 16 heavy (non-hydrogen) atoms. The fraction of sp³-hybridized carbons (Fsp3) is 0.917. The maximum absolute atomic E-state index is 11.9. The maximum atomic E-state index is 11.9. The van der Waals surface area contributed by atoms with Gasteiger partial charge in [-0.1, -0.05) is 6.92 Å². The van der Waals surface area contributed by atoms with Crippen LogP contribution in [0.3, 0.4) is 0 Å². The molecular formula is C12H23ClN2O. The van der Waals surface area contributed by atoms with Crippen LogP contribution in [0.5, 0.6) is 0 Å². The van der Waals surface area contributed by atoms with Gasteiger partial charge in [0, 0.05) is 18.0 Å². The minimum Gasteiger partial charge on any atom is -0.353 e. The summed E-state index contributed by atoms with van der Waals surface area (Å²) in [6.07, 6.45) is 4.34. The molecule has 2 fully saturated rings. The van der Waals surface area contributed by atoms with E-state index < -0.39 is 0 Å². The number of carbonyl (C=O) groups excluding carboxylic acids is 1. The lowest BCUT2D eigenvalue weighted by Crippen LogP contribution is -2.48. The maximum Gasteiger partial charge on any atom is 0.223 e. The lowest BCUT2D eigenvalue weighted by molar-refractivity contribution is -0.127. The van der Waals surface area contributed by atoms with Crippen molar-refractivity contribution in [2.45, 2.75) is 51.6 Å². The summed E-state index contributed by atoms with van der Waals surface area (Å²) < 4.78 is 0. The number of amides is 1. The summed E-state index contributed by atoms with van der Waals surface area (Å²) in [5, 5.41) is 6.55. The van der Waals surface area contributed by atoms with Gasteiger partial charge < -0.3 is 10.6 Å². The summed E-state index contributed by atoms with van der Waals surface area (Å²) in [7, 11) is 0. The second-order valence-corrected chi connectivity index (χ2v) is 5.36. The third kappa shape index (κ3) is 3.36. The standard InChI is InChI=1S/C12H22N2O.ClH/c1-8-5-11(6-8)14-12(15)10-3-4-13-9(2)7-10;/h8-11,13H,3-7H2,1-2H3,(H,14,15);1H/t8?,9-,10-,11?;/m0./s1. The van der Waals surface area contributed by atoms with E-state index in [0.717, 1.165) is 25.3 Å². The van der Waals surface area contributed by atoms with Gasteiger partial charge in [-0.15, -0.1) is 12.4 Å². The molecule has 1 amide bonds. The first-order chi connectivity index (χ1) is 7.15. The molecule has 0 bridgehead atoms. The van der Waals surface area contributed by atoms with Crippen LogP contribution in [0.1, 0.15) is 39.5 Å². The van der Waals surface area contributed by atoms with Gasteiger partial charge in [0.05, 0.1) is 0 Å². The first kappa shape index (κ1) is 13.8. The summed E-state index contributed by atoms with van der Waals surface area (Å²) >= 11 is 0. The Kier molecular flexibility index (Phi) is 5.06. The summed E-state index contributed by atoms with van der Waals surface area (Å²) in [4.78, 5) is 11.9. The quantitative estimate of drug-likeness (QED) is 0.779. The van der Waals surface area contributed by atoms with Crippen LogP contribution in [-0.2, 0) is 4.79 Å². The van der Waals surface area contributed by atoms with Crippen molar-refractivity contribution in [1.82, 2.24) is 10.6 Å². The Bertz CT molecular complexity index is 241. The fourth-order valence-corrected chi connectivity index (χ4v) is 2.71. The number of piperidine rings is 1. The van der Waals surface area contributed by atoms with Crippen LogP contribution < -0.4 is 10.6 Å². The lowest BCUT2D eigenvalue weighted by atomic mass is 9.81. The number of hydrogen-bond donors (Lipinski definition) is 2. The van der Waals surface area contributed by atoms with Crippen molar-refractivity contribution in [2.24, 2.45) is 11.8 Å². The third-order valence-corrected chi connectivity index (χ3v) is 3.71. The van der Waals surface area contributed by atoms with Crippen LogP contribution in [-0.4, -0.2) is 24.5 Å². The molecule has 2 rings (SSSR count). The Hall–Kier alpha value is -0.280. The van der Waals surface area contributed by atoms with Crippen LogP contribution in [0.2, 0.25) is 0 Å². The van der Waals surface area contributed by atoms with Gasteiger partial charge in [0.25, 0.3) is 0 Å². The van der Waals surface area contributed by atoms with E-state index >= 15 is 0 Å². The molecule has 1 saturated carbocycles. The molecule has 2 atom stereocenters. The average Bonchev–Trinajstić information content (AvgIpc) is 2.15. The van der Waals surface area contributed by atoms with E-state index in [-0.39, 0.29) is 18.3 Å². The molecule has 2 aliphatic rings. The summed E-state index contributed by atoms with van der Waals surface area (Å²) in [5.74, 6) is 1.35. The number of hydrogen-bond acceptors (Lipinski definition) is 2. The van der Waals surface area contributed by atoms with E-state index in [4.69, 9.17) is 0 Å². The zero-order valence-electron chi connectivity index (χ0n) is 10.2. The molecule has 3 nitrogen and oxygen atoms in total. The van der Waals surface area contributed by atoms with E-state index in [1.165, 1.54) is 12.8 Å². The van der Waals surface area contributed by atoms with E-state index in [1.807, 2.05) is 0 Å². The molecule has 2 N–H and O–H groups in total. The molecular weight excluding hydrogens is 224 g/mol. The van der Waals surface area contributed by atoms with E-state index in [2.05, 4.69) is 24.5 Å². The Labute approximate surface area is 104 Å². The Morgan fingerprint density at radius 3 is 2.50 bits per heavy atom. The molecule has 0 spiro atoms. The SMILES string of the molecule is CC1CC(NC(=O)[C@H]2CCN[C@@H](C)C2)C1.Cl. The predicted octanol–water partition coefficient (Wildman–Crippen LogP) is 1.71. The normalized spacial score (nSPS) is 38.1. The molecule has 0 aromatic rings. The topological polar surface area (TPSA) is 41.1 Å². The molecule has 0 aromatic carbocycles. The molecule has 0 unspecified atom stereocenters. The fourth-order valence-electron chi connectivity index (χ4n) is 2.71. The van der Waals surface area contributed by atoms with Crippen LogP contribution in [0.25, 0.3) is 0 Å². The van der Waals surface area contributed by atoms with Gasteiger partial charge in [0.1, 0.15) is 0 Å². The Morgan fingerprint density at radius 2 is 1.94 bits per heavy atom. The van der Waals surface area contributed by atoms with Crippen LogP contribution in [0, 0.1) is 11.8 Å². The van der Waals surface area contributed by atoms with E-state index in [0.29, 0.717) is 18.0 Å². The van der Waals surface area contributed by atoms with Crippen molar-refractivity contribution in [3.8, 4) is 0 Å². The van der Waals surface area contributed by atoms with Crippen molar-refractivity contribution in [3.05, 3.63) is 0 Å². The van der Waals surface area contributed by atoms with Gasteiger partial charge in [-0.3, -0.25) is 4.79 Å². The van der Waals surface area contributed by atoms with Crippen LogP contribution in [0.15, 0.2) is 0 Å². The minimum absolute atomic E-state index is 0. The van der Waals surface area contributed by atoms with Gasteiger partial charge in [0.15, 0.2) is 0 Å². The molecule has 0 radical (unpaired) electrons. The predicted molar refractivity (Wildman–Crippen MR) is 67.8 cm³/mol. The van der Waals surface area contributed by atoms with E-state index in [9.17, 15) is 4.79 Å². The van der Waals surface area contributed by atoms with Crippen molar-refractivity contribution in [1.29, 1.82) is 0 Å². The molecule has 1 heterocycles. The smallest absolute Gasteiger partial charge is 0.223 e. The summed E-state index contributed by atoms with van der Waals surface area (Å²) in [6, 6.07) is 0.965. The van der Waals surface area contributed by atoms with Crippen LogP contribution in [0.4, 0.5) is 0 Å². The average molecular weight is 247 g/mol. The summed E-state index contributed by atoms with van der Waals surface area (Å²) in [5.41, 5.74) is 0. The number of carbonyl (C=O) groups is 1. The highest BCUT2D eigenvalue weighted by Gasteiger charge is 2.30. The Balaban J connectivity index is 0.00000128. The van der Waals surface area contributed by atoms with Gasteiger partial charge >= 0.3 is 0 Å². The molecule has 0 aromatic heterocycles. The monoisotopic (exact) mass is 246 g/mol. The highest BCUT2D eigenvalue weighted by atomic mass is 35.5. The van der Waals surface area contributed by atoms with Crippen LogP contribution >= 0.6 is 12.4 Å². The second-order valence-electron chi connectivity index (χ2n) is 5.36. The molecule has 4 heteroatoms. The van der Waals surface area contributed by atoms with Crippen molar-refractivity contribution in [2.75, 3.05) is 6.54 Å². The third-order valence-electron chi connectivity index (χ3n) is 3.71. The number of rotatable bonds is 2. The molecule has 94 valence electrons. The molecule has 1 saturated heterocycles. The van der Waals surface area contributed by atoms with Gasteiger partial charge in [-0.25, -0.2) is 0 Å². The Morgan fingerprint density at radius 1 is 1.25 bits per heavy atom. The largest absolute Gasteiger partial charge is 0.353 e. The first-order valence-electron chi connectivity index (χ1n) is 6.19. The number of halogens is 1. The van der Waals surface area contributed by atoms with Crippen molar-refractivity contribution in [3.63, 3.8) is 0 Å². The zero-order chi connectivity index (χ0) is 10.8. The van der Waals surface area contributed by atoms with Gasteiger partial charge in [-0.05, 0) is 45.1 Å². The lowest BCUT2D eigenvalue weighted by Gasteiger charge is -2.35. The zero-order valence-corrected chi connectivity index (χ0v) is 11.0. The van der Waals surface area contributed by atoms with Gasteiger partial charge in [0.2, 0.25) is 5.91 Å². The number of nitrogens with one attached hydrogen (secondary N) is 2. The first-order valence-corrected chi connectivity index (χ1v) is 6.19. The minimum atomic E-state index is 0. The second kappa shape index (κ2) is 5.87. The molecule has 1 aliphatic heterocycles. The van der Waals surface area contributed by atoms with Crippen molar-refractivity contribution >= 4 is 18.3 Å².